The third kappa shape index (κ3) is 6.34. The molecule has 0 spiro atoms. The molecule has 0 amide bonds. The van der Waals surface area contributed by atoms with E-state index in [1.807, 2.05) is 24.3 Å². The van der Waals surface area contributed by atoms with Crippen molar-refractivity contribution in [3.8, 4) is 5.75 Å². The van der Waals surface area contributed by atoms with Gasteiger partial charge in [-0.3, -0.25) is 0 Å². The van der Waals surface area contributed by atoms with Gasteiger partial charge in [-0.25, -0.2) is 0 Å². The topological polar surface area (TPSA) is 84.9 Å². The standard InChI is InChI=1S/C15H25NO4/c1-19-15-4-2-12(3-5-15)8-13(6-7-17)10-20-11-14(18)9-16/h2-5,13-14,17-18H,6-11,16H2,1H3. The van der Waals surface area contributed by atoms with Crippen LogP contribution < -0.4 is 10.5 Å². The SMILES string of the molecule is COc1ccc(CC(CCO)COCC(O)CN)cc1. The fourth-order valence-corrected chi connectivity index (χ4v) is 1.96. The summed E-state index contributed by atoms with van der Waals surface area (Å²) in [4.78, 5) is 0. The summed E-state index contributed by atoms with van der Waals surface area (Å²) >= 11 is 0. The Bertz CT molecular complexity index is 355. The van der Waals surface area contributed by atoms with Crippen LogP contribution in [0.3, 0.4) is 0 Å². The second-order valence-electron chi connectivity index (χ2n) is 4.86. The van der Waals surface area contributed by atoms with Crippen molar-refractivity contribution in [2.24, 2.45) is 11.7 Å². The Balaban J connectivity index is 2.44. The Hall–Kier alpha value is -1.14. The minimum Gasteiger partial charge on any atom is -0.497 e. The summed E-state index contributed by atoms with van der Waals surface area (Å²) in [6.07, 6.45) is 0.874. The first-order valence-corrected chi connectivity index (χ1v) is 6.89. The van der Waals surface area contributed by atoms with E-state index in [4.69, 9.17) is 20.3 Å². The quantitative estimate of drug-likeness (QED) is 0.584. The van der Waals surface area contributed by atoms with Gasteiger partial charge in [0.25, 0.3) is 0 Å². The molecule has 2 atom stereocenters. The van der Waals surface area contributed by atoms with Gasteiger partial charge in [-0.15, -0.1) is 0 Å². The predicted octanol–water partition coefficient (Wildman–Crippen LogP) is 0.573. The third-order valence-corrected chi connectivity index (χ3v) is 3.16. The molecule has 0 fully saturated rings. The smallest absolute Gasteiger partial charge is 0.118 e. The van der Waals surface area contributed by atoms with Crippen molar-refractivity contribution in [1.29, 1.82) is 0 Å². The van der Waals surface area contributed by atoms with Gasteiger partial charge in [-0.05, 0) is 36.5 Å². The van der Waals surface area contributed by atoms with Crippen LogP contribution in [-0.2, 0) is 11.2 Å². The van der Waals surface area contributed by atoms with E-state index < -0.39 is 6.10 Å². The molecule has 1 aromatic rings. The summed E-state index contributed by atoms with van der Waals surface area (Å²) in [7, 11) is 1.64. The fraction of sp³-hybridized carbons (Fsp3) is 0.600. The molecular weight excluding hydrogens is 258 g/mol. The average Bonchev–Trinajstić information content (AvgIpc) is 2.48. The maximum absolute atomic E-state index is 9.33. The van der Waals surface area contributed by atoms with E-state index in [9.17, 15) is 5.11 Å². The Labute approximate surface area is 120 Å². The Morgan fingerprint density at radius 3 is 2.45 bits per heavy atom. The lowest BCUT2D eigenvalue weighted by molar-refractivity contribution is 0.0212. The molecule has 5 heteroatoms. The number of aliphatic hydroxyl groups is 2. The highest BCUT2D eigenvalue weighted by molar-refractivity contribution is 5.27. The molecule has 0 saturated heterocycles. The van der Waals surface area contributed by atoms with Gasteiger partial charge in [-0.2, -0.15) is 0 Å². The molecule has 114 valence electrons. The van der Waals surface area contributed by atoms with E-state index in [-0.39, 0.29) is 25.7 Å². The maximum atomic E-state index is 9.33. The summed E-state index contributed by atoms with van der Waals surface area (Å²) in [6.45, 7) is 1.07. The second-order valence-corrected chi connectivity index (χ2v) is 4.86. The van der Waals surface area contributed by atoms with Gasteiger partial charge in [0.2, 0.25) is 0 Å². The molecule has 0 saturated carbocycles. The molecule has 0 heterocycles. The van der Waals surface area contributed by atoms with Crippen LogP contribution >= 0.6 is 0 Å². The molecular formula is C15H25NO4. The average molecular weight is 283 g/mol. The number of rotatable bonds is 10. The van der Waals surface area contributed by atoms with E-state index >= 15 is 0 Å². The van der Waals surface area contributed by atoms with Crippen LogP contribution in [0.2, 0.25) is 0 Å². The zero-order chi connectivity index (χ0) is 14.8. The van der Waals surface area contributed by atoms with Crippen LogP contribution in [0, 0.1) is 5.92 Å². The van der Waals surface area contributed by atoms with Crippen LogP contribution in [0.4, 0.5) is 0 Å². The predicted molar refractivity (Wildman–Crippen MR) is 77.8 cm³/mol. The van der Waals surface area contributed by atoms with Gasteiger partial charge in [0.05, 0.1) is 19.8 Å². The van der Waals surface area contributed by atoms with E-state index in [0.29, 0.717) is 13.0 Å². The zero-order valence-electron chi connectivity index (χ0n) is 12.0. The highest BCUT2D eigenvalue weighted by Gasteiger charge is 2.11. The first-order valence-electron chi connectivity index (χ1n) is 6.89. The van der Waals surface area contributed by atoms with E-state index in [1.54, 1.807) is 7.11 Å². The molecule has 2 unspecified atom stereocenters. The highest BCUT2D eigenvalue weighted by atomic mass is 16.5. The fourth-order valence-electron chi connectivity index (χ4n) is 1.96. The summed E-state index contributed by atoms with van der Waals surface area (Å²) in [5.41, 5.74) is 6.49. The molecule has 0 aromatic heterocycles. The minimum atomic E-state index is -0.620. The molecule has 4 N–H and O–H groups in total. The summed E-state index contributed by atoms with van der Waals surface area (Å²) in [5.74, 6) is 1.05. The summed E-state index contributed by atoms with van der Waals surface area (Å²) in [6, 6.07) is 7.87. The van der Waals surface area contributed by atoms with Gasteiger partial charge in [0.15, 0.2) is 0 Å². The number of methoxy groups -OCH3 is 1. The van der Waals surface area contributed by atoms with Crippen LogP contribution in [0.15, 0.2) is 24.3 Å². The van der Waals surface area contributed by atoms with Crippen molar-refractivity contribution < 1.29 is 19.7 Å². The lowest BCUT2D eigenvalue weighted by Crippen LogP contribution is -2.27. The maximum Gasteiger partial charge on any atom is 0.118 e. The Morgan fingerprint density at radius 1 is 1.20 bits per heavy atom. The van der Waals surface area contributed by atoms with E-state index in [2.05, 4.69) is 0 Å². The molecule has 5 nitrogen and oxygen atoms in total. The first kappa shape index (κ1) is 16.9. The van der Waals surface area contributed by atoms with Crippen LogP contribution in [0.1, 0.15) is 12.0 Å². The first-order chi connectivity index (χ1) is 9.69. The van der Waals surface area contributed by atoms with Crippen LogP contribution in [0.25, 0.3) is 0 Å². The molecule has 0 aliphatic heterocycles. The van der Waals surface area contributed by atoms with Crippen molar-refractivity contribution in [3.63, 3.8) is 0 Å². The molecule has 0 bridgehead atoms. The molecule has 1 rings (SSSR count). The van der Waals surface area contributed by atoms with Crippen molar-refractivity contribution in [2.75, 3.05) is 33.5 Å². The van der Waals surface area contributed by atoms with Gasteiger partial charge in [0.1, 0.15) is 5.75 Å². The van der Waals surface area contributed by atoms with Crippen molar-refractivity contribution in [3.05, 3.63) is 29.8 Å². The zero-order valence-corrected chi connectivity index (χ0v) is 12.0. The van der Waals surface area contributed by atoms with Gasteiger partial charge in [-0.1, -0.05) is 12.1 Å². The third-order valence-electron chi connectivity index (χ3n) is 3.16. The van der Waals surface area contributed by atoms with Gasteiger partial charge < -0.3 is 25.4 Å². The Kier molecular flexibility index (Phi) is 8.22. The van der Waals surface area contributed by atoms with Gasteiger partial charge in [0, 0.05) is 19.8 Å². The van der Waals surface area contributed by atoms with Gasteiger partial charge >= 0.3 is 0 Å². The monoisotopic (exact) mass is 283 g/mol. The van der Waals surface area contributed by atoms with Crippen molar-refractivity contribution in [2.45, 2.75) is 18.9 Å². The number of nitrogens with two attached hydrogens (primary N) is 1. The summed E-state index contributed by atoms with van der Waals surface area (Å²) < 4.78 is 10.6. The minimum absolute atomic E-state index is 0.129. The lowest BCUT2D eigenvalue weighted by atomic mass is 9.97. The highest BCUT2D eigenvalue weighted by Crippen LogP contribution is 2.16. The van der Waals surface area contributed by atoms with E-state index in [1.165, 1.54) is 5.56 Å². The number of ether oxygens (including phenoxy) is 2. The van der Waals surface area contributed by atoms with Crippen LogP contribution in [0.5, 0.6) is 5.75 Å². The molecule has 0 aliphatic rings. The Morgan fingerprint density at radius 2 is 1.90 bits per heavy atom. The van der Waals surface area contributed by atoms with Crippen molar-refractivity contribution >= 4 is 0 Å². The van der Waals surface area contributed by atoms with E-state index in [0.717, 1.165) is 12.2 Å². The second kappa shape index (κ2) is 9.72. The molecule has 1 aromatic carbocycles. The normalized spacial score (nSPS) is 14.0. The number of benzene rings is 1. The largest absolute Gasteiger partial charge is 0.497 e. The number of hydrogen-bond donors (Lipinski definition) is 3. The van der Waals surface area contributed by atoms with Crippen molar-refractivity contribution in [1.82, 2.24) is 0 Å². The molecule has 0 radical (unpaired) electrons. The molecule has 0 aliphatic carbocycles. The lowest BCUT2D eigenvalue weighted by Gasteiger charge is -2.17. The molecule has 20 heavy (non-hydrogen) atoms. The summed E-state index contributed by atoms with van der Waals surface area (Å²) in [5, 5.41) is 18.4. The number of hydrogen-bond acceptors (Lipinski definition) is 5. The number of aliphatic hydroxyl groups excluding tert-OH is 2. The van der Waals surface area contributed by atoms with Crippen LogP contribution in [-0.4, -0.2) is 49.8 Å².